The van der Waals surface area contributed by atoms with E-state index >= 15 is 0 Å². The number of aliphatic hydroxyl groups excluding tert-OH is 1. The van der Waals surface area contributed by atoms with Crippen LogP contribution in [0.5, 0.6) is 0 Å². The Morgan fingerprint density at radius 2 is 1.96 bits per heavy atom. The number of halogens is 3. The number of nitrogens with zero attached hydrogens (tertiary/aromatic N) is 1. The Hall–Kier alpha value is -1.82. The number of hydrogen-bond donors (Lipinski definition) is 1. The molecule has 0 bridgehead atoms. The van der Waals surface area contributed by atoms with Gasteiger partial charge in [-0.3, -0.25) is 4.79 Å². The number of amides is 1. The zero-order valence-corrected chi connectivity index (χ0v) is 13.2. The summed E-state index contributed by atoms with van der Waals surface area (Å²) < 4.78 is 39.4. The lowest BCUT2D eigenvalue weighted by Crippen LogP contribution is -2.41. The molecule has 2 atom stereocenters. The summed E-state index contributed by atoms with van der Waals surface area (Å²) in [7, 11) is 0. The summed E-state index contributed by atoms with van der Waals surface area (Å²) in [6.45, 7) is 0.684. The lowest BCUT2D eigenvalue weighted by Gasteiger charge is -2.30. The van der Waals surface area contributed by atoms with Crippen LogP contribution in [0.15, 0.2) is 30.3 Å². The average Bonchev–Trinajstić information content (AvgIpc) is 2.99. The van der Waals surface area contributed by atoms with E-state index in [1.165, 1.54) is 12.1 Å². The first-order valence-corrected chi connectivity index (χ1v) is 8.20. The van der Waals surface area contributed by atoms with Crippen LogP contribution >= 0.6 is 0 Å². The van der Waals surface area contributed by atoms with E-state index in [0.717, 1.165) is 12.5 Å². The van der Waals surface area contributed by atoms with Crippen molar-refractivity contribution >= 4 is 11.5 Å². The minimum Gasteiger partial charge on any atom is -0.392 e. The summed E-state index contributed by atoms with van der Waals surface area (Å²) in [5.41, 5.74) is 0.180. The zero-order chi connectivity index (χ0) is 17.3. The van der Waals surface area contributed by atoms with Crippen molar-refractivity contribution < 1.29 is 23.1 Å². The maximum absolute atomic E-state index is 13.1. The molecule has 3 rings (SSSR count). The Morgan fingerprint density at radius 1 is 1.21 bits per heavy atom. The molecule has 6 heteroatoms. The van der Waals surface area contributed by atoms with E-state index in [9.17, 15) is 23.1 Å². The fourth-order valence-electron chi connectivity index (χ4n) is 3.59. The van der Waals surface area contributed by atoms with Crippen molar-refractivity contribution in [3.8, 4) is 0 Å². The van der Waals surface area contributed by atoms with Crippen molar-refractivity contribution in [3.63, 3.8) is 0 Å². The van der Waals surface area contributed by atoms with Crippen LogP contribution in [0.2, 0.25) is 0 Å². The van der Waals surface area contributed by atoms with Crippen LogP contribution < -0.4 is 0 Å². The molecular weight excluding hydrogens is 319 g/mol. The highest BCUT2D eigenvalue weighted by molar-refractivity contribution is 5.81. The van der Waals surface area contributed by atoms with Crippen LogP contribution in [-0.4, -0.2) is 35.1 Å². The first kappa shape index (κ1) is 17.0. The summed E-state index contributed by atoms with van der Waals surface area (Å²) >= 11 is 0. The largest absolute Gasteiger partial charge is 0.416 e. The van der Waals surface area contributed by atoms with Gasteiger partial charge in [0.1, 0.15) is 0 Å². The molecule has 1 saturated carbocycles. The van der Waals surface area contributed by atoms with E-state index in [-0.39, 0.29) is 17.4 Å². The monoisotopic (exact) mass is 339 g/mol. The third-order valence-corrected chi connectivity index (χ3v) is 4.90. The Morgan fingerprint density at radius 3 is 2.54 bits per heavy atom. The van der Waals surface area contributed by atoms with Crippen molar-refractivity contribution in [2.24, 2.45) is 5.92 Å². The Labute approximate surface area is 138 Å². The molecule has 1 amide bonds. The highest BCUT2D eigenvalue weighted by Crippen LogP contribution is 2.37. The summed E-state index contributed by atoms with van der Waals surface area (Å²) in [5, 5.41) is 9.86. The van der Waals surface area contributed by atoms with Gasteiger partial charge < -0.3 is 10.0 Å². The molecule has 1 fully saturated rings. The van der Waals surface area contributed by atoms with E-state index in [4.69, 9.17) is 0 Å². The Balaban J connectivity index is 1.76. The number of benzene rings is 1. The van der Waals surface area contributed by atoms with E-state index < -0.39 is 17.8 Å². The van der Waals surface area contributed by atoms with Crippen LogP contribution in [0.3, 0.4) is 0 Å². The minimum absolute atomic E-state index is 0.0839. The van der Waals surface area contributed by atoms with Gasteiger partial charge >= 0.3 is 6.18 Å². The molecule has 0 radical (unpaired) electrons. The summed E-state index contributed by atoms with van der Waals surface area (Å²) in [4.78, 5) is 14.1. The number of carbonyl (C=O) groups excluding carboxylic acids is 1. The number of carbonyl (C=O) groups is 1. The fourth-order valence-corrected chi connectivity index (χ4v) is 3.59. The van der Waals surface area contributed by atoms with Crippen LogP contribution in [0.1, 0.15) is 36.8 Å². The van der Waals surface area contributed by atoms with Crippen molar-refractivity contribution in [1.29, 1.82) is 0 Å². The van der Waals surface area contributed by atoms with Gasteiger partial charge in [0.2, 0.25) is 5.91 Å². The summed E-state index contributed by atoms with van der Waals surface area (Å²) in [6.07, 6.45) is -0.721. The van der Waals surface area contributed by atoms with Gasteiger partial charge in [0, 0.05) is 13.1 Å². The average molecular weight is 339 g/mol. The topological polar surface area (TPSA) is 40.5 Å². The predicted molar refractivity (Wildman–Crippen MR) is 84.0 cm³/mol. The molecule has 1 aliphatic heterocycles. The molecule has 1 aromatic carbocycles. The van der Waals surface area contributed by atoms with Gasteiger partial charge in [0.25, 0.3) is 0 Å². The van der Waals surface area contributed by atoms with Gasteiger partial charge in [-0.05, 0) is 42.9 Å². The molecule has 3 nitrogen and oxygen atoms in total. The molecule has 0 aromatic heterocycles. The fraction of sp³-hybridized carbons (Fsp3) is 0.500. The normalized spacial score (nSPS) is 24.8. The van der Waals surface area contributed by atoms with Crippen molar-refractivity contribution in [2.75, 3.05) is 13.1 Å². The summed E-state index contributed by atoms with van der Waals surface area (Å²) in [5.74, 6) is -0.443. The van der Waals surface area contributed by atoms with Crippen LogP contribution in [0.4, 0.5) is 13.2 Å². The molecule has 1 aromatic rings. The quantitative estimate of drug-likeness (QED) is 0.896. The number of rotatable bonds is 2. The summed E-state index contributed by atoms with van der Waals surface area (Å²) in [6, 6.07) is 5.54. The van der Waals surface area contributed by atoms with Crippen molar-refractivity contribution in [2.45, 2.75) is 38.0 Å². The molecule has 0 spiro atoms. The van der Waals surface area contributed by atoms with Gasteiger partial charge in [0.05, 0.1) is 17.6 Å². The van der Waals surface area contributed by atoms with Crippen LogP contribution in [0, 0.1) is 5.92 Å². The standard InChI is InChI=1S/C18H20F3NO2/c19-18(20,21)15-6-2-1-4-13(15)12-8-10-22(11-9-12)17(24)14-5-3-7-16(14)23/h1-2,4,6,8,14,16,23H,3,5,7,9-11H2. The SMILES string of the molecule is O=C(C1CCCC1O)N1CC=C(c2ccccc2C(F)(F)F)CC1. The van der Waals surface area contributed by atoms with Gasteiger partial charge in [-0.15, -0.1) is 0 Å². The smallest absolute Gasteiger partial charge is 0.392 e. The molecule has 1 heterocycles. The maximum Gasteiger partial charge on any atom is 0.416 e. The lowest BCUT2D eigenvalue weighted by atomic mass is 9.94. The number of hydrogen-bond acceptors (Lipinski definition) is 2. The van der Waals surface area contributed by atoms with Crippen LogP contribution in [-0.2, 0) is 11.0 Å². The molecule has 24 heavy (non-hydrogen) atoms. The number of alkyl halides is 3. The molecule has 0 saturated heterocycles. The van der Waals surface area contributed by atoms with Crippen LogP contribution in [0.25, 0.3) is 5.57 Å². The first-order valence-electron chi connectivity index (χ1n) is 8.20. The zero-order valence-electron chi connectivity index (χ0n) is 13.2. The molecule has 1 N–H and O–H groups in total. The van der Waals surface area contributed by atoms with Gasteiger partial charge in [0.15, 0.2) is 0 Å². The highest BCUT2D eigenvalue weighted by Gasteiger charge is 2.36. The van der Waals surface area contributed by atoms with E-state index in [1.807, 2.05) is 0 Å². The molecule has 2 unspecified atom stereocenters. The second kappa shape index (κ2) is 6.59. The minimum atomic E-state index is -4.39. The van der Waals surface area contributed by atoms with E-state index in [1.54, 1.807) is 17.0 Å². The van der Waals surface area contributed by atoms with Gasteiger partial charge in [-0.1, -0.05) is 24.3 Å². The van der Waals surface area contributed by atoms with Crippen molar-refractivity contribution in [3.05, 3.63) is 41.5 Å². The molecular formula is C18H20F3NO2. The third-order valence-electron chi connectivity index (χ3n) is 4.90. The first-order chi connectivity index (χ1) is 11.4. The van der Waals surface area contributed by atoms with Gasteiger partial charge in [-0.2, -0.15) is 13.2 Å². The number of aliphatic hydroxyl groups is 1. The second-order valence-electron chi connectivity index (χ2n) is 6.41. The second-order valence-corrected chi connectivity index (χ2v) is 6.41. The predicted octanol–water partition coefficient (Wildman–Crippen LogP) is 3.48. The Bertz CT molecular complexity index is 654. The van der Waals surface area contributed by atoms with E-state index in [0.29, 0.717) is 37.9 Å². The van der Waals surface area contributed by atoms with Gasteiger partial charge in [-0.25, -0.2) is 0 Å². The molecule has 130 valence electrons. The Kier molecular flexibility index (Phi) is 4.67. The lowest BCUT2D eigenvalue weighted by molar-refractivity contribution is -0.139. The van der Waals surface area contributed by atoms with Crippen molar-refractivity contribution in [1.82, 2.24) is 4.90 Å². The third kappa shape index (κ3) is 3.34. The highest BCUT2D eigenvalue weighted by atomic mass is 19.4. The molecule has 2 aliphatic rings. The maximum atomic E-state index is 13.1. The van der Waals surface area contributed by atoms with E-state index in [2.05, 4.69) is 0 Å². The molecule has 1 aliphatic carbocycles.